The number of nitrogens with two attached hydrogens (primary N) is 1. The number of hydrogen-bond acceptors (Lipinski definition) is 9. The van der Waals surface area contributed by atoms with Crippen molar-refractivity contribution in [2.75, 3.05) is 20.3 Å². The van der Waals surface area contributed by atoms with E-state index in [1.165, 1.54) is 29.7 Å². The molecule has 10 nitrogen and oxygen atoms in total. The van der Waals surface area contributed by atoms with Gasteiger partial charge in [0.05, 0.1) is 39.3 Å². The Balaban J connectivity index is 1.26. The molecule has 0 aliphatic rings. The van der Waals surface area contributed by atoms with Crippen LogP contribution in [0.25, 0.3) is 37.6 Å². The fraction of sp³-hybridized carbons (Fsp3) is 0.121. The van der Waals surface area contributed by atoms with Crippen LogP contribution in [0.1, 0.15) is 15.9 Å². The Morgan fingerprint density at radius 1 is 1.02 bits per heavy atom. The van der Waals surface area contributed by atoms with Crippen molar-refractivity contribution < 1.29 is 18.7 Å². The second-order valence-corrected chi connectivity index (χ2v) is 11.0. The average molecular weight is 623 g/mol. The number of amides is 1. The van der Waals surface area contributed by atoms with Crippen molar-refractivity contribution in [2.24, 2.45) is 5.73 Å². The van der Waals surface area contributed by atoms with Gasteiger partial charge in [-0.3, -0.25) is 19.6 Å². The van der Waals surface area contributed by atoms with E-state index in [0.29, 0.717) is 30.1 Å². The summed E-state index contributed by atoms with van der Waals surface area (Å²) in [6.07, 6.45) is 4.74. The summed E-state index contributed by atoms with van der Waals surface area (Å²) in [6.45, 7) is 2.07. The molecule has 3 N–H and O–H groups in total. The number of carbonyl (C=O) groups is 1. The number of aromatic nitrogens is 4. The molecule has 0 atom stereocenters. The quantitative estimate of drug-likeness (QED) is 0.185. The Kier molecular flexibility index (Phi) is 8.69. The predicted molar refractivity (Wildman–Crippen MR) is 170 cm³/mol. The van der Waals surface area contributed by atoms with E-state index in [9.17, 15) is 9.59 Å². The van der Waals surface area contributed by atoms with Gasteiger partial charge in [-0.2, -0.15) is 9.78 Å². The molecule has 6 aromatic rings. The lowest BCUT2D eigenvalue weighted by Crippen LogP contribution is -2.31. The molecule has 1 amide bonds. The van der Waals surface area contributed by atoms with Crippen LogP contribution in [-0.2, 0) is 11.3 Å². The van der Waals surface area contributed by atoms with E-state index in [1.54, 1.807) is 55.8 Å². The predicted octanol–water partition coefficient (Wildman–Crippen LogP) is 5.34. The van der Waals surface area contributed by atoms with Crippen LogP contribution in [0.3, 0.4) is 0 Å². The topological polar surface area (TPSA) is 134 Å². The molecule has 12 heteroatoms. The lowest BCUT2D eigenvalue weighted by atomic mass is 10.0. The van der Waals surface area contributed by atoms with Gasteiger partial charge < -0.3 is 20.5 Å². The number of benzene rings is 2. The molecular formula is C33H27FN6O4S. The molecule has 2 aromatic carbocycles. The van der Waals surface area contributed by atoms with Crippen LogP contribution in [0.4, 0.5) is 4.39 Å². The molecule has 0 saturated heterocycles. The molecule has 0 saturated carbocycles. The minimum atomic E-state index is -0.946. The molecule has 4 heterocycles. The number of fused-ring (bicyclic) bond motifs is 1. The highest BCUT2D eigenvalue weighted by Gasteiger charge is 2.20. The Bertz CT molecular complexity index is 2050. The molecule has 45 heavy (non-hydrogen) atoms. The number of halogens is 1. The van der Waals surface area contributed by atoms with Gasteiger partial charge in [-0.25, -0.2) is 4.39 Å². The van der Waals surface area contributed by atoms with E-state index in [4.69, 9.17) is 15.2 Å². The maximum Gasteiger partial charge on any atom is 0.284 e. The molecule has 0 bridgehead atoms. The lowest BCUT2D eigenvalue weighted by molar-refractivity contribution is 0.0999. The summed E-state index contributed by atoms with van der Waals surface area (Å²) in [5.41, 5.74) is 7.93. The van der Waals surface area contributed by atoms with E-state index >= 15 is 4.39 Å². The van der Waals surface area contributed by atoms with Crippen LogP contribution >= 0.6 is 11.3 Å². The van der Waals surface area contributed by atoms with Crippen molar-refractivity contribution >= 4 is 27.5 Å². The zero-order valence-electron chi connectivity index (χ0n) is 24.1. The smallest absolute Gasteiger partial charge is 0.284 e. The molecular weight excluding hydrogens is 595 g/mol. The second-order valence-electron chi connectivity index (χ2n) is 9.95. The third kappa shape index (κ3) is 6.34. The zero-order chi connectivity index (χ0) is 31.3. The van der Waals surface area contributed by atoms with E-state index in [0.717, 1.165) is 32.1 Å². The van der Waals surface area contributed by atoms with Gasteiger partial charge in [0.25, 0.3) is 11.5 Å². The number of hydrogen-bond donors (Lipinski definition) is 2. The molecule has 0 aliphatic heterocycles. The van der Waals surface area contributed by atoms with Crippen molar-refractivity contribution in [3.05, 3.63) is 119 Å². The zero-order valence-corrected chi connectivity index (χ0v) is 24.9. The molecule has 4 aromatic heterocycles. The molecule has 0 radical (unpaired) electrons. The summed E-state index contributed by atoms with van der Waals surface area (Å²) < 4.78 is 28.3. The molecule has 0 spiro atoms. The first-order chi connectivity index (χ1) is 21.9. The average Bonchev–Trinajstić information content (AvgIpc) is 3.50. The van der Waals surface area contributed by atoms with Gasteiger partial charge in [0.15, 0.2) is 11.6 Å². The standard InChI is InChI=1S/C33H27FN6O4S/c1-43-14-13-36-17-20-7-9-25(38-18-20)29-16-26-31(45-29)28(11-12-37-26)44-27-10-8-21(15-24(27)34)23-19-39-40(22-5-3-2-4-6-22)33(42)30(23)32(35)41/h2-12,15-16,18-19,36H,13-14,17H2,1H3,(H2,35,41). The molecule has 0 aliphatic carbocycles. The Morgan fingerprint density at radius 2 is 1.87 bits per heavy atom. The maximum absolute atomic E-state index is 15.5. The van der Waals surface area contributed by atoms with Crippen LogP contribution in [0.15, 0.2) is 96.2 Å². The number of ether oxygens (including phenoxy) is 2. The Labute approximate surface area is 260 Å². The van der Waals surface area contributed by atoms with Gasteiger partial charge in [0, 0.05) is 44.2 Å². The molecule has 0 fully saturated rings. The number of thiophene rings is 1. The van der Waals surface area contributed by atoms with Crippen molar-refractivity contribution in [3.63, 3.8) is 0 Å². The van der Waals surface area contributed by atoms with Gasteiger partial charge >= 0.3 is 0 Å². The van der Waals surface area contributed by atoms with Crippen LogP contribution < -0.4 is 21.3 Å². The van der Waals surface area contributed by atoms with Crippen LogP contribution in [0.2, 0.25) is 0 Å². The molecule has 226 valence electrons. The largest absolute Gasteiger partial charge is 0.453 e. The molecule has 0 unspecified atom stereocenters. The first-order valence-corrected chi connectivity index (χ1v) is 14.7. The molecule has 6 rings (SSSR count). The minimum absolute atomic E-state index is 0.0455. The highest BCUT2D eigenvalue weighted by Crippen LogP contribution is 2.39. The third-order valence-electron chi connectivity index (χ3n) is 6.95. The fourth-order valence-corrected chi connectivity index (χ4v) is 5.78. The first kappa shape index (κ1) is 29.8. The summed E-state index contributed by atoms with van der Waals surface area (Å²) in [4.78, 5) is 35.5. The van der Waals surface area contributed by atoms with Crippen LogP contribution in [-0.4, -0.2) is 45.9 Å². The van der Waals surface area contributed by atoms with Crippen molar-refractivity contribution in [1.82, 2.24) is 25.1 Å². The summed E-state index contributed by atoms with van der Waals surface area (Å²) in [5, 5.41) is 7.49. The van der Waals surface area contributed by atoms with Gasteiger partial charge in [-0.15, -0.1) is 11.3 Å². The SMILES string of the molecule is COCCNCc1ccc(-c2cc3nccc(Oc4ccc(-c5cnn(-c6ccccc6)c(=O)c5C(N)=O)cc4F)c3s2)nc1. The monoisotopic (exact) mass is 622 g/mol. The van der Waals surface area contributed by atoms with Gasteiger partial charge in [-0.05, 0) is 47.5 Å². The summed E-state index contributed by atoms with van der Waals surface area (Å²) >= 11 is 1.44. The van der Waals surface area contributed by atoms with Gasteiger partial charge in [-0.1, -0.05) is 30.3 Å². The van der Waals surface area contributed by atoms with E-state index in [2.05, 4.69) is 20.4 Å². The number of rotatable bonds is 11. The van der Waals surface area contributed by atoms with Gasteiger partial charge in [0.1, 0.15) is 11.3 Å². The number of methoxy groups -OCH3 is 1. The summed E-state index contributed by atoms with van der Waals surface area (Å²) in [7, 11) is 1.66. The van der Waals surface area contributed by atoms with Crippen molar-refractivity contribution in [1.29, 1.82) is 0 Å². The van der Waals surface area contributed by atoms with Crippen molar-refractivity contribution in [3.8, 4) is 38.9 Å². The number of nitrogens with one attached hydrogen (secondary N) is 1. The first-order valence-electron chi connectivity index (χ1n) is 13.9. The van der Waals surface area contributed by atoms with Gasteiger partial charge in [0.2, 0.25) is 0 Å². The van der Waals surface area contributed by atoms with E-state index in [1.807, 2.05) is 24.4 Å². The number of primary amides is 1. The second kappa shape index (κ2) is 13.1. The van der Waals surface area contributed by atoms with Crippen LogP contribution in [0, 0.1) is 5.82 Å². The Hall–Kier alpha value is -5.30. The highest BCUT2D eigenvalue weighted by molar-refractivity contribution is 7.22. The summed E-state index contributed by atoms with van der Waals surface area (Å²) in [6, 6.07) is 20.3. The normalized spacial score (nSPS) is 11.2. The number of pyridine rings is 2. The highest BCUT2D eigenvalue weighted by atomic mass is 32.1. The minimum Gasteiger partial charge on any atom is -0.453 e. The lowest BCUT2D eigenvalue weighted by Gasteiger charge is -2.12. The Morgan fingerprint density at radius 3 is 2.60 bits per heavy atom. The maximum atomic E-state index is 15.5. The van der Waals surface area contributed by atoms with E-state index in [-0.39, 0.29) is 22.4 Å². The van der Waals surface area contributed by atoms with Crippen LogP contribution in [0.5, 0.6) is 11.5 Å². The fourth-order valence-electron chi connectivity index (χ4n) is 4.74. The number of carbonyl (C=O) groups excluding carboxylic acids is 1. The van der Waals surface area contributed by atoms with Crippen molar-refractivity contribution in [2.45, 2.75) is 6.54 Å². The van der Waals surface area contributed by atoms with E-state index < -0.39 is 17.3 Å². The number of nitrogens with zero attached hydrogens (tertiary/aromatic N) is 4. The third-order valence-corrected chi connectivity index (χ3v) is 8.11. The summed E-state index contributed by atoms with van der Waals surface area (Å²) in [5.74, 6) is -1.27. The number of para-hydroxylation sites is 1.